The van der Waals surface area contributed by atoms with E-state index in [1.165, 1.54) is 0 Å². The van der Waals surface area contributed by atoms with Gasteiger partial charge in [0, 0.05) is 49.4 Å². The Bertz CT molecular complexity index is 708. The Morgan fingerprint density at radius 1 is 1.03 bits per heavy atom. The molecule has 0 aliphatic carbocycles. The van der Waals surface area contributed by atoms with Gasteiger partial charge in [0.25, 0.3) is 0 Å². The minimum atomic E-state index is 0.0322. The molecule has 2 N–H and O–H groups in total. The Hall–Kier alpha value is -2.12. The van der Waals surface area contributed by atoms with Gasteiger partial charge in [0.05, 0.1) is 13.2 Å². The molecule has 0 spiro atoms. The lowest BCUT2D eigenvalue weighted by atomic mass is 9.94. The second kappa shape index (κ2) is 11.5. The van der Waals surface area contributed by atoms with Crippen LogP contribution in [0.25, 0.3) is 0 Å². The smallest absolute Gasteiger partial charge is 0.225 e. The predicted molar refractivity (Wildman–Crippen MR) is 124 cm³/mol. The number of morpholine rings is 1. The zero-order chi connectivity index (χ0) is 22.2. The predicted octanol–water partition coefficient (Wildman–Crippen LogP) is 2.72. The highest BCUT2D eigenvalue weighted by Crippen LogP contribution is 2.20. The largest absolute Gasteiger partial charge is 0.378 e. The molecule has 2 aliphatic rings. The van der Waals surface area contributed by atoms with Gasteiger partial charge in [0.15, 0.2) is 0 Å². The van der Waals surface area contributed by atoms with Crippen LogP contribution < -0.4 is 15.5 Å². The molecule has 2 aliphatic heterocycles. The molecule has 172 valence electrons. The zero-order valence-electron chi connectivity index (χ0n) is 19.2. The molecule has 0 bridgehead atoms. The second-order valence-corrected chi connectivity index (χ2v) is 9.10. The number of ether oxygens (including phenoxy) is 1. The van der Waals surface area contributed by atoms with E-state index in [1.54, 1.807) is 0 Å². The van der Waals surface area contributed by atoms with Crippen LogP contribution in [0, 0.1) is 11.8 Å². The molecular formula is C24H38N4O3. The number of hydrogen-bond donors (Lipinski definition) is 2. The summed E-state index contributed by atoms with van der Waals surface area (Å²) in [4.78, 5) is 29.4. The van der Waals surface area contributed by atoms with Crippen LogP contribution in [-0.4, -0.2) is 68.7 Å². The Labute approximate surface area is 186 Å². The Morgan fingerprint density at radius 2 is 1.68 bits per heavy atom. The first kappa shape index (κ1) is 23.5. The van der Waals surface area contributed by atoms with Crippen molar-refractivity contribution in [1.82, 2.24) is 10.2 Å². The molecule has 2 saturated heterocycles. The van der Waals surface area contributed by atoms with Crippen LogP contribution in [-0.2, 0) is 14.3 Å². The van der Waals surface area contributed by atoms with E-state index in [0.29, 0.717) is 12.3 Å². The van der Waals surface area contributed by atoms with Gasteiger partial charge >= 0.3 is 0 Å². The number of nitrogens with one attached hydrogen (secondary N) is 2. The lowest BCUT2D eigenvalue weighted by Crippen LogP contribution is -2.44. The number of anilines is 2. The molecule has 1 aromatic rings. The first-order valence-corrected chi connectivity index (χ1v) is 11.7. The fourth-order valence-electron chi connectivity index (χ4n) is 3.99. The summed E-state index contributed by atoms with van der Waals surface area (Å²) < 4.78 is 5.39. The van der Waals surface area contributed by atoms with Gasteiger partial charge in [-0.25, -0.2) is 0 Å². The first-order chi connectivity index (χ1) is 14.9. The molecular weight excluding hydrogens is 392 g/mol. The normalized spacial score (nSPS) is 19.3. The number of nitrogens with zero attached hydrogens (tertiary/aromatic N) is 2. The fourth-order valence-corrected chi connectivity index (χ4v) is 3.99. The van der Waals surface area contributed by atoms with Crippen LogP contribution in [0.4, 0.5) is 11.4 Å². The number of benzene rings is 1. The third-order valence-electron chi connectivity index (χ3n) is 6.51. The van der Waals surface area contributed by atoms with Crippen molar-refractivity contribution in [1.29, 1.82) is 0 Å². The van der Waals surface area contributed by atoms with Gasteiger partial charge in [-0.15, -0.1) is 0 Å². The second-order valence-electron chi connectivity index (χ2n) is 9.10. The maximum atomic E-state index is 12.4. The summed E-state index contributed by atoms with van der Waals surface area (Å²) >= 11 is 0. The average molecular weight is 431 g/mol. The Kier molecular flexibility index (Phi) is 8.72. The van der Waals surface area contributed by atoms with Gasteiger partial charge < -0.3 is 25.2 Å². The Morgan fingerprint density at radius 3 is 2.29 bits per heavy atom. The summed E-state index contributed by atoms with van der Waals surface area (Å²) in [5.74, 6) is 0.748. The number of rotatable bonds is 8. The summed E-state index contributed by atoms with van der Waals surface area (Å²) in [6.07, 6.45) is 2.19. The third-order valence-corrected chi connectivity index (χ3v) is 6.51. The van der Waals surface area contributed by atoms with Crippen LogP contribution in [0.3, 0.4) is 0 Å². The topological polar surface area (TPSA) is 73.9 Å². The molecule has 7 nitrogen and oxygen atoms in total. The number of hydrogen-bond acceptors (Lipinski definition) is 5. The van der Waals surface area contributed by atoms with E-state index in [1.807, 2.05) is 12.1 Å². The van der Waals surface area contributed by atoms with Crippen molar-refractivity contribution in [2.24, 2.45) is 11.8 Å². The van der Waals surface area contributed by atoms with Crippen molar-refractivity contribution in [2.75, 3.05) is 56.2 Å². The summed E-state index contributed by atoms with van der Waals surface area (Å²) in [5, 5.41) is 6.13. The fraction of sp³-hybridized carbons (Fsp3) is 0.667. The van der Waals surface area contributed by atoms with Crippen molar-refractivity contribution in [3.63, 3.8) is 0 Å². The number of carbonyl (C=O) groups is 2. The average Bonchev–Trinajstić information content (AvgIpc) is 2.79. The van der Waals surface area contributed by atoms with Gasteiger partial charge in [-0.2, -0.15) is 0 Å². The molecule has 2 amide bonds. The monoisotopic (exact) mass is 430 g/mol. The molecule has 7 heteroatoms. The highest BCUT2D eigenvalue weighted by atomic mass is 16.5. The summed E-state index contributed by atoms with van der Waals surface area (Å²) in [5.41, 5.74) is 1.99. The molecule has 1 atom stereocenters. The number of likely N-dealkylation sites (tertiary alicyclic amines) is 1. The Balaban J connectivity index is 1.35. The summed E-state index contributed by atoms with van der Waals surface area (Å²) in [6.45, 7) is 12.1. The highest BCUT2D eigenvalue weighted by Gasteiger charge is 2.26. The molecule has 0 saturated carbocycles. The standard InChI is InChI=1S/C24H38N4O3/c1-18(2)19(3)25-24(30)20-8-11-27(12-9-20)13-10-23(29)26-21-4-6-22(7-5-21)28-14-16-31-17-15-28/h4-7,18-20H,8-17H2,1-3H3,(H,25,30)(H,26,29). The molecule has 2 heterocycles. The van der Waals surface area contributed by atoms with Crippen molar-refractivity contribution in [2.45, 2.75) is 46.1 Å². The maximum absolute atomic E-state index is 12.4. The van der Waals surface area contributed by atoms with Crippen molar-refractivity contribution in [3.8, 4) is 0 Å². The number of piperidine rings is 1. The minimum Gasteiger partial charge on any atom is -0.378 e. The quantitative estimate of drug-likeness (QED) is 0.663. The van der Waals surface area contributed by atoms with Crippen molar-refractivity contribution in [3.05, 3.63) is 24.3 Å². The van der Waals surface area contributed by atoms with E-state index < -0.39 is 0 Å². The minimum absolute atomic E-state index is 0.0322. The van der Waals surface area contributed by atoms with E-state index in [-0.39, 0.29) is 23.8 Å². The van der Waals surface area contributed by atoms with Gasteiger partial charge in [-0.05, 0) is 63.0 Å². The highest BCUT2D eigenvalue weighted by molar-refractivity contribution is 5.91. The molecule has 1 unspecified atom stereocenters. The maximum Gasteiger partial charge on any atom is 0.225 e. The van der Waals surface area contributed by atoms with Gasteiger partial charge in [-0.3, -0.25) is 9.59 Å². The van der Waals surface area contributed by atoms with E-state index in [0.717, 1.165) is 70.2 Å². The molecule has 1 aromatic carbocycles. The summed E-state index contributed by atoms with van der Waals surface area (Å²) in [6, 6.07) is 8.24. The van der Waals surface area contributed by atoms with Crippen molar-refractivity contribution < 1.29 is 14.3 Å². The van der Waals surface area contributed by atoms with Crippen LogP contribution in [0.1, 0.15) is 40.0 Å². The molecule has 3 rings (SSSR count). The summed E-state index contributed by atoms with van der Waals surface area (Å²) in [7, 11) is 0. The molecule has 2 fully saturated rings. The molecule has 0 radical (unpaired) electrons. The van der Waals surface area contributed by atoms with E-state index in [9.17, 15) is 9.59 Å². The van der Waals surface area contributed by atoms with E-state index in [2.05, 4.69) is 53.3 Å². The lowest BCUT2D eigenvalue weighted by molar-refractivity contribution is -0.127. The first-order valence-electron chi connectivity index (χ1n) is 11.7. The van der Waals surface area contributed by atoms with E-state index in [4.69, 9.17) is 4.74 Å². The number of carbonyl (C=O) groups excluding carboxylic acids is 2. The van der Waals surface area contributed by atoms with Crippen LogP contribution in [0.5, 0.6) is 0 Å². The molecule has 31 heavy (non-hydrogen) atoms. The van der Waals surface area contributed by atoms with Gasteiger partial charge in [-0.1, -0.05) is 13.8 Å². The van der Waals surface area contributed by atoms with Crippen LogP contribution in [0.2, 0.25) is 0 Å². The van der Waals surface area contributed by atoms with Gasteiger partial charge in [0.1, 0.15) is 0 Å². The SMILES string of the molecule is CC(C)C(C)NC(=O)C1CCN(CCC(=O)Nc2ccc(N3CCOCC3)cc2)CC1. The van der Waals surface area contributed by atoms with Gasteiger partial charge in [0.2, 0.25) is 11.8 Å². The lowest BCUT2D eigenvalue weighted by Gasteiger charge is -2.32. The van der Waals surface area contributed by atoms with E-state index >= 15 is 0 Å². The zero-order valence-corrected chi connectivity index (χ0v) is 19.2. The van der Waals surface area contributed by atoms with Crippen molar-refractivity contribution >= 4 is 23.2 Å². The van der Waals surface area contributed by atoms with Crippen LogP contribution in [0.15, 0.2) is 24.3 Å². The van der Waals surface area contributed by atoms with Crippen LogP contribution >= 0.6 is 0 Å². The third kappa shape index (κ3) is 7.21. The molecule has 0 aromatic heterocycles. The number of amides is 2.